The number of fused-ring (bicyclic) bond motifs is 1. The van der Waals surface area contributed by atoms with Crippen LogP contribution in [0.2, 0.25) is 5.15 Å². The number of hydrogen-bond donors (Lipinski definition) is 3. The van der Waals surface area contributed by atoms with Crippen LogP contribution >= 0.6 is 11.6 Å². The minimum absolute atomic E-state index is 0.0497. The fraction of sp³-hybridized carbons (Fsp3) is 0.207. The lowest BCUT2D eigenvalue weighted by molar-refractivity contribution is -0.152. The molecule has 0 aliphatic heterocycles. The summed E-state index contributed by atoms with van der Waals surface area (Å²) in [4.78, 5) is 13.5. The van der Waals surface area contributed by atoms with Crippen LogP contribution in [-0.2, 0) is 10.3 Å². The fourth-order valence-corrected chi connectivity index (χ4v) is 4.75. The van der Waals surface area contributed by atoms with Gasteiger partial charge in [-0.1, -0.05) is 84.4 Å². The number of hydrogen-bond acceptors (Lipinski definition) is 8. The molecule has 9 nitrogen and oxygen atoms in total. The molecule has 200 valence electrons. The zero-order chi connectivity index (χ0) is 27.2. The molecular weight excluding hydrogens is 518 g/mol. The number of methoxy groups -OCH3 is 1. The van der Waals surface area contributed by atoms with E-state index >= 15 is 0 Å². The molecule has 1 atom stereocenters. The van der Waals surface area contributed by atoms with E-state index in [1.54, 1.807) is 7.11 Å². The highest BCUT2D eigenvalue weighted by molar-refractivity contribution is 6.33. The average molecular weight is 546 g/mol. The van der Waals surface area contributed by atoms with E-state index in [9.17, 15) is 5.11 Å². The highest BCUT2D eigenvalue weighted by Gasteiger charge is 2.37. The van der Waals surface area contributed by atoms with Crippen molar-refractivity contribution in [2.75, 3.05) is 25.6 Å². The summed E-state index contributed by atoms with van der Waals surface area (Å²) >= 11 is 6.57. The Kier molecular flexibility index (Phi) is 8.04. The standard InChI is InChI=1S/C29H28ClN5O4/c1-38-23-15-13-22(14-16-23)29(20-9-4-2-5-10-20,21-11-6-3-7-12-21)34-27-32-25(30)24-26(33-27)35(19-31-24)28(37)39-18-8-17-36/h2-7,9-16,19,28,36-37H,8,17-18H2,1H3,(H,32,33,34). The molecule has 5 rings (SSSR count). The molecule has 0 radical (unpaired) electrons. The lowest BCUT2D eigenvalue weighted by Crippen LogP contribution is -2.38. The molecule has 0 fully saturated rings. The second-order valence-corrected chi connectivity index (χ2v) is 9.13. The monoisotopic (exact) mass is 545 g/mol. The van der Waals surface area contributed by atoms with Crippen molar-refractivity contribution in [1.29, 1.82) is 0 Å². The summed E-state index contributed by atoms with van der Waals surface area (Å²) in [7, 11) is 1.63. The van der Waals surface area contributed by atoms with Crippen molar-refractivity contribution >= 4 is 28.7 Å². The molecule has 0 saturated heterocycles. The molecule has 0 bridgehead atoms. The lowest BCUT2D eigenvalue weighted by atomic mass is 9.77. The van der Waals surface area contributed by atoms with Gasteiger partial charge in [-0.05, 0) is 35.2 Å². The lowest BCUT2D eigenvalue weighted by Gasteiger charge is -2.37. The van der Waals surface area contributed by atoms with Crippen molar-refractivity contribution in [1.82, 2.24) is 19.5 Å². The molecule has 39 heavy (non-hydrogen) atoms. The molecule has 2 heterocycles. The van der Waals surface area contributed by atoms with Crippen molar-refractivity contribution in [3.8, 4) is 5.75 Å². The number of rotatable bonds is 11. The molecule has 2 aromatic heterocycles. The molecule has 10 heteroatoms. The molecule has 0 saturated carbocycles. The van der Waals surface area contributed by atoms with Gasteiger partial charge in [-0.25, -0.2) is 4.98 Å². The number of halogens is 1. The van der Waals surface area contributed by atoms with Crippen LogP contribution in [0.1, 0.15) is 29.5 Å². The van der Waals surface area contributed by atoms with E-state index in [0.29, 0.717) is 17.6 Å². The first-order chi connectivity index (χ1) is 19.1. The van der Waals surface area contributed by atoms with E-state index in [1.807, 2.05) is 84.9 Å². The number of aromatic nitrogens is 4. The zero-order valence-corrected chi connectivity index (χ0v) is 22.0. The second-order valence-electron chi connectivity index (χ2n) is 8.77. The van der Waals surface area contributed by atoms with E-state index < -0.39 is 12.0 Å². The number of benzene rings is 3. The summed E-state index contributed by atoms with van der Waals surface area (Å²) in [5.41, 5.74) is 2.50. The second kappa shape index (κ2) is 11.8. The highest BCUT2D eigenvalue weighted by Crippen LogP contribution is 2.40. The fourth-order valence-electron chi connectivity index (χ4n) is 4.53. The topological polar surface area (TPSA) is 115 Å². The summed E-state index contributed by atoms with van der Waals surface area (Å²) in [5.74, 6) is 0.953. The zero-order valence-electron chi connectivity index (χ0n) is 21.2. The van der Waals surface area contributed by atoms with Gasteiger partial charge < -0.3 is 25.0 Å². The van der Waals surface area contributed by atoms with Crippen molar-refractivity contribution in [3.63, 3.8) is 0 Å². The maximum absolute atomic E-state index is 10.6. The van der Waals surface area contributed by atoms with Crippen molar-refractivity contribution in [2.45, 2.75) is 18.4 Å². The van der Waals surface area contributed by atoms with Gasteiger partial charge in [0.1, 0.15) is 23.1 Å². The Bertz CT molecular complexity index is 1470. The third-order valence-corrected chi connectivity index (χ3v) is 6.69. The Morgan fingerprint density at radius 1 is 0.923 bits per heavy atom. The normalized spacial score (nSPS) is 12.4. The number of aliphatic hydroxyl groups is 2. The minimum atomic E-state index is -1.37. The maximum Gasteiger partial charge on any atom is 0.244 e. The predicted octanol–water partition coefficient (Wildman–Crippen LogP) is 4.74. The number of imidazole rings is 1. The van der Waals surface area contributed by atoms with Gasteiger partial charge in [0.15, 0.2) is 10.8 Å². The van der Waals surface area contributed by atoms with E-state index in [0.717, 1.165) is 22.4 Å². The van der Waals surface area contributed by atoms with Gasteiger partial charge in [-0.15, -0.1) is 0 Å². The third-order valence-electron chi connectivity index (χ3n) is 6.42. The predicted molar refractivity (Wildman–Crippen MR) is 149 cm³/mol. The summed E-state index contributed by atoms with van der Waals surface area (Å²) in [6.45, 7) is 0.107. The largest absolute Gasteiger partial charge is 0.497 e. The van der Waals surface area contributed by atoms with Crippen LogP contribution in [-0.4, -0.2) is 50.1 Å². The Balaban J connectivity index is 1.68. The summed E-state index contributed by atoms with van der Waals surface area (Å²) in [5, 5.41) is 23.3. The molecule has 5 aromatic rings. The molecule has 0 aliphatic rings. The molecule has 3 aromatic carbocycles. The first-order valence-corrected chi connectivity index (χ1v) is 12.8. The van der Waals surface area contributed by atoms with Crippen LogP contribution < -0.4 is 10.1 Å². The third kappa shape index (κ3) is 5.30. The Hall–Kier alpha value is -4.02. The first-order valence-electron chi connectivity index (χ1n) is 12.4. The van der Waals surface area contributed by atoms with E-state index in [4.69, 9.17) is 31.2 Å². The summed E-state index contributed by atoms with van der Waals surface area (Å²) in [6.07, 6.45) is 0.407. The van der Waals surface area contributed by atoms with Gasteiger partial charge in [0.05, 0.1) is 13.7 Å². The van der Waals surface area contributed by atoms with Gasteiger partial charge in [-0.2, -0.15) is 9.97 Å². The van der Waals surface area contributed by atoms with Gasteiger partial charge in [0.25, 0.3) is 0 Å². The van der Waals surface area contributed by atoms with Crippen LogP contribution in [0.3, 0.4) is 0 Å². The number of ether oxygens (including phenoxy) is 2. The van der Waals surface area contributed by atoms with Crippen LogP contribution in [0.5, 0.6) is 5.75 Å². The van der Waals surface area contributed by atoms with E-state index in [-0.39, 0.29) is 24.3 Å². The van der Waals surface area contributed by atoms with Gasteiger partial charge in [0.2, 0.25) is 12.4 Å². The number of aliphatic hydroxyl groups excluding tert-OH is 2. The minimum Gasteiger partial charge on any atom is -0.497 e. The van der Waals surface area contributed by atoms with Crippen LogP contribution in [0.25, 0.3) is 11.2 Å². The molecule has 0 spiro atoms. The van der Waals surface area contributed by atoms with Crippen LogP contribution in [0, 0.1) is 0 Å². The highest BCUT2D eigenvalue weighted by atomic mass is 35.5. The molecule has 0 amide bonds. The van der Waals surface area contributed by atoms with Crippen molar-refractivity contribution < 1.29 is 19.7 Å². The van der Waals surface area contributed by atoms with Gasteiger partial charge in [-0.3, -0.25) is 4.57 Å². The summed E-state index contributed by atoms with van der Waals surface area (Å²) in [6, 6.07) is 27.8. The number of nitrogens with zero attached hydrogens (tertiary/aromatic N) is 4. The SMILES string of the molecule is COc1ccc(C(Nc2nc(Cl)c3ncn(C(O)OCCCO)c3n2)(c2ccccc2)c2ccccc2)cc1. The van der Waals surface area contributed by atoms with Crippen molar-refractivity contribution in [3.05, 3.63) is 113 Å². The maximum atomic E-state index is 10.6. The van der Waals surface area contributed by atoms with Gasteiger partial charge >= 0.3 is 0 Å². The first kappa shape index (κ1) is 26.6. The summed E-state index contributed by atoms with van der Waals surface area (Å²) < 4.78 is 12.2. The van der Waals surface area contributed by atoms with Gasteiger partial charge in [0, 0.05) is 6.61 Å². The van der Waals surface area contributed by atoms with Crippen LogP contribution in [0.4, 0.5) is 5.95 Å². The Labute approximate surface area is 230 Å². The Morgan fingerprint density at radius 3 is 2.13 bits per heavy atom. The van der Waals surface area contributed by atoms with E-state index in [2.05, 4.69) is 15.3 Å². The molecule has 0 aliphatic carbocycles. The average Bonchev–Trinajstić information content (AvgIpc) is 3.42. The molecular formula is C29H28ClN5O4. The smallest absolute Gasteiger partial charge is 0.244 e. The Morgan fingerprint density at radius 2 is 1.54 bits per heavy atom. The van der Waals surface area contributed by atoms with Crippen LogP contribution in [0.15, 0.2) is 91.3 Å². The number of nitrogens with one attached hydrogen (secondary N) is 1. The molecule has 1 unspecified atom stereocenters. The molecule has 3 N–H and O–H groups in total. The van der Waals surface area contributed by atoms with Crippen molar-refractivity contribution in [2.24, 2.45) is 0 Å². The number of anilines is 1. The quantitative estimate of drug-likeness (QED) is 0.0943. The van der Waals surface area contributed by atoms with E-state index in [1.165, 1.54) is 10.9 Å².